The van der Waals surface area contributed by atoms with Gasteiger partial charge in [0, 0.05) is 16.2 Å². The van der Waals surface area contributed by atoms with Gasteiger partial charge in [-0.25, -0.2) is 4.98 Å². The Balaban J connectivity index is 1.59. The first-order valence-electron chi connectivity index (χ1n) is 6.24. The quantitative estimate of drug-likeness (QED) is 0.846. The lowest BCUT2D eigenvalue weighted by atomic mass is 10.1. The molecule has 1 saturated carbocycles. The molecule has 3 nitrogen and oxygen atoms in total. The number of hydrogen-bond acceptors (Lipinski definition) is 4. The second-order valence-corrected chi connectivity index (χ2v) is 6.12. The van der Waals surface area contributed by atoms with Crippen LogP contribution in [0.25, 0.3) is 0 Å². The third kappa shape index (κ3) is 3.36. The second-order valence-electron chi connectivity index (χ2n) is 4.74. The van der Waals surface area contributed by atoms with Crippen molar-refractivity contribution in [1.82, 2.24) is 4.98 Å². The predicted molar refractivity (Wildman–Crippen MR) is 80.1 cm³/mol. The number of carbonyl (C=O) groups excluding carboxylic acids is 1. The molecule has 1 N–H and O–H groups in total. The Hall–Kier alpha value is -1.33. The summed E-state index contributed by atoms with van der Waals surface area (Å²) < 4.78 is 0. The maximum absolute atomic E-state index is 11.9. The maximum atomic E-state index is 11.9. The fraction of sp³-hybridized carbons (Fsp3) is 0.286. The zero-order chi connectivity index (χ0) is 13.2. The van der Waals surface area contributed by atoms with E-state index >= 15 is 0 Å². The minimum absolute atomic E-state index is 0.0244. The lowest BCUT2D eigenvalue weighted by molar-refractivity contribution is -0.115. The Morgan fingerprint density at radius 3 is 2.79 bits per heavy atom. The third-order valence-corrected chi connectivity index (χ3v) is 4.14. The molecule has 0 saturated heterocycles. The predicted octanol–water partition coefficient (Wildman–Crippen LogP) is 3.49. The number of anilines is 1. The van der Waals surface area contributed by atoms with Crippen molar-refractivity contribution in [2.45, 2.75) is 30.1 Å². The van der Waals surface area contributed by atoms with Gasteiger partial charge in [-0.2, -0.15) is 0 Å². The average molecular weight is 290 g/mol. The van der Waals surface area contributed by atoms with Crippen molar-refractivity contribution in [2.75, 3.05) is 5.32 Å². The molecule has 19 heavy (non-hydrogen) atoms. The molecule has 2 aromatic rings. The van der Waals surface area contributed by atoms with Crippen molar-refractivity contribution in [3.05, 3.63) is 40.9 Å². The maximum Gasteiger partial charge on any atom is 0.230 e. The second kappa shape index (κ2) is 5.35. The van der Waals surface area contributed by atoms with Gasteiger partial charge in [0.2, 0.25) is 5.91 Å². The summed E-state index contributed by atoms with van der Waals surface area (Å²) in [6, 6.07) is 7.61. The SMILES string of the molecule is O=C(Cc1ccc(S)cc1)Nc1nc(C2CC2)cs1. The average Bonchev–Trinajstić information content (AvgIpc) is 3.14. The van der Waals surface area contributed by atoms with Gasteiger partial charge >= 0.3 is 0 Å². The van der Waals surface area contributed by atoms with E-state index in [2.05, 4.69) is 22.9 Å². The van der Waals surface area contributed by atoms with Crippen LogP contribution in [0.3, 0.4) is 0 Å². The summed E-state index contributed by atoms with van der Waals surface area (Å²) in [4.78, 5) is 17.2. The highest BCUT2D eigenvalue weighted by Crippen LogP contribution is 2.40. The van der Waals surface area contributed by atoms with E-state index in [0.29, 0.717) is 17.5 Å². The minimum atomic E-state index is -0.0244. The van der Waals surface area contributed by atoms with Crippen LogP contribution in [0.15, 0.2) is 34.5 Å². The summed E-state index contributed by atoms with van der Waals surface area (Å²) in [7, 11) is 0. The minimum Gasteiger partial charge on any atom is -0.302 e. The summed E-state index contributed by atoms with van der Waals surface area (Å²) in [5, 5.41) is 5.61. The van der Waals surface area contributed by atoms with Crippen molar-refractivity contribution >= 4 is 35.0 Å². The highest BCUT2D eigenvalue weighted by molar-refractivity contribution is 7.80. The van der Waals surface area contributed by atoms with E-state index in [1.807, 2.05) is 29.6 Å². The fourth-order valence-electron chi connectivity index (χ4n) is 1.87. The van der Waals surface area contributed by atoms with Gasteiger partial charge in [-0.15, -0.1) is 24.0 Å². The molecule has 5 heteroatoms. The molecule has 1 aliphatic carbocycles. The monoisotopic (exact) mass is 290 g/mol. The van der Waals surface area contributed by atoms with Gasteiger partial charge in [-0.05, 0) is 30.5 Å². The van der Waals surface area contributed by atoms with E-state index in [0.717, 1.165) is 16.2 Å². The molecule has 98 valence electrons. The van der Waals surface area contributed by atoms with E-state index in [4.69, 9.17) is 0 Å². The Morgan fingerprint density at radius 2 is 2.11 bits per heavy atom. The van der Waals surface area contributed by atoms with Gasteiger partial charge in [0.1, 0.15) is 0 Å². The smallest absolute Gasteiger partial charge is 0.230 e. The third-order valence-electron chi connectivity index (χ3n) is 3.06. The first-order chi connectivity index (χ1) is 9.20. The van der Waals surface area contributed by atoms with Crippen LogP contribution in [-0.4, -0.2) is 10.9 Å². The molecule has 1 aliphatic rings. The van der Waals surface area contributed by atoms with Crippen LogP contribution in [-0.2, 0) is 11.2 Å². The fourth-order valence-corrected chi connectivity index (χ4v) is 2.83. The van der Waals surface area contributed by atoms with Gasteiger partial charge in [-0.3, -0.25) is 4.79 Å². The number of carbonyl (C=O) groups is 1. The molecular formula is C14H14N2OS2. The normalized spacial score (nSPS) is 14.4. The van der Waals surface area contributed by atoms with Crippen LogP contribution in [0.1, 0.15) is 30.0 Å². The number of thiazole rings is 1. The van der Waals surface area contributed by atoms with Crippen LogP contribution in [0.4, 0.5) is 5.13 Å². The number of amides is 1. The van der Waals surface area contributed by atoms with Gasteiger partial charge < -0.3 is 5.32 Å². The topological polar surface area (TPSA) is 42.0 Å². The molecule has 1 aromatic carbocycles. The Morgan fingerprint density at radius 1 is 1.37 bits per heavy atom. The van der Waals surface area contributed by atoms with Crippen LogP contribution < -0.4 is 5.32 Å². The van der Waals surface area contributed by atoms with Gasteiger partial charge in [0.05, 0.1) is 12.1 Å². The van der Waals surface area contributed by atoms with E-state index in [1.165, 1.54) is 24.2 Å². The summed E-state index contributed by atoms with van der Waals surface area (Å²) >= 11 is 5.73. The number of thiol groups is 1. The summed E-state index contributed by atoms with van der Waals surface area (Å²) in [5.74, 6) is 0.605. The standard InChI is InChI=1S/C14H14N2OS2/c17-13(7-9-1-5-11(18)6-2-9)16-14-15-12(8-19-14)10-3-4-10/h1-2,5-6,8,10,18H,3-4,7H2,(H,15,16,17). The largest absolute Gasteiger partial charge is 0.302 e. The molecule has 0 aliphatic heterocycles. The molecule has 1 amide bonds. The number of nitrogens with one attached hydrogen (secondary N) is 1. The lowest BCUT2D eigenvalue weighted by Crippen LogP contribution is -2.14. The van der Waals surface area contributed by atoms with Crippen LogP contribution >= 0.6 is 24.0 Å². The Kier molecular flexibility index (Phi) is 3.57. The van der Waals surface area contributed by atoms with Gasteiger partial charge in [0.25, 0.3) is 0 Å². The molecular weight excluding hydrogens is 276 g/mol. The van der Waals surface area contributed by atoms with Crippen LogP contribution in [0.2, 0.25) is 0 Å². The van der Waals surface area contributed by atoms with Crippen molar-refractivity contribution in [3.63, 3.8) is 0 Å². The van der Waals surface area contributed by atoms with Crippen LogP contribution in [0.5, 0.6) is 0 Å². The lowest BCUT2D eigenvalue weighted by Gasteiger charge is -2.02. The Labute approximate surface area is 121 Å². The number of aromatic nitrogens is 1. The van der Waals surface area contributed by atoms with Crippen molar-refractivity contribution < 1.29 is 4.79 Å². The molecule has 3 rings (SSSR count). The van der Waals surface area contributed by atoms with Crippen molar-refractivity contribution in [3.8, 4) is 0 Å². The number of nitrogens with zero attached hydrogens (tertiary/aromatic N) is 1. The Bertz CT molecular complexity index is 588. The van der Waals surface area contributed by atoms with E-state index in [9.17, 15) is 4.79 Å². The van der Waals surface area contributed by atoms with Gasteiger partial charge in [0.15, 0.2) is 5.13 Å². The molecule has 0 radical (unpaired) electrons. The molecule has 0 bridgehead atoms. The first kappa shape index (κ1) is 12.7. The molecule has 1 aromatic heterocycles. The van der Waals surface area contributed by atoms with E-state index < -0.39 is 0 Å². The first-order valence-corrected chi connectivity index (χ1v) is 7.56. The van der Waals surface area contributed by atoms with Crippen molar-refractivity contribution in [1.29, 1.82) is 0 Å². The zero-order valence-electron chi connectivity index (χ0n) is 10.3. The molecule has 0 atom stereocenters. The van der Waals surface area contributed by atoms with E-state index in [-0.39, 0.29) is 5.91 Å². The summed E-state index contributed by atoms with van der Waals surface area (Å²) in [6.45, 7) is 0. The van der Waals surface area contributed by atoms with Crippen LogP contribution in [0, 0.1) is 0 Å². The zero-order valence-corrected chi connectivity index (χ0v) is 12.0. The van der Waals surface area contributed by atoms with Gasteiger partial charge in [-0.1, -0.05) is 12.1 Å². The van der Waals surface area contributed by atoms with E-state index in [1.54, 1.807) is 0 Å². The molecule has 1 fully saturated rings. The number of hydrogen-bond donors (Lipinski definition) is 2. The highest BCUT2D eigenvalue weighted by Gasteiger charge is 2.26. The number of rotatable bonds is 4. The highest BCUT2D eigenvalue weighted by atomic mass is 32.1. The summed E-state index contributed by atoms with van der Waals surface area (Å²) in [5.41, 5.74) is 2.11. The molecule has 0 spiro atoms. The number of benzene rings is 1. The molecule has 0 unspecified atom stereocenters. The molecule has 1 heterocycles. The van der Waals surface area contributed by atoms with Crippen molar-refractivity contribution in [2.24, 2.45) is 0 Å². The summed E-state index contributed by atoms with van der Waals surface area (Å²) in [6.07, 6.45) is 2.83.